The smallest absolute Gasteiger partial charge is 0.321 e. The van der Waals surface area contributed by atoms with Crippen LogP contribution in [0.15, 0.2) is 48.5 Å². The van der Waals surface area contributed by atoms with Crippen LogP contribution in [0.2, 0.25) is 5.02 Å². The molecule has 1 unspecified atom stereocenters. The molecule has 2 amide bonds. The minimum Gasteiger partial charge on any atom is -0.396 e. The van der Waals surface area contributed by atoms with Gasteiger partial charge in [-0.25, -0.2) is 4.79 Å². The number of amides is 2. The van der Waals surface area contributed by atoms with Gasteiger partial charge >= 0.3 is 6.03 Å². The molecule has 0 saturated carbocycles. The zero-order valence-electron chi connectivity index (χ0n) is 12.7. The van der Waals surface area contributed by atoms with Crippen LogP contribution >= 0.6 is 11.6 Å². The van der Waals surface area contributed by atoms with Crippen LogP contribution in [-0.4, -0.2) is 35.7 Å². The van der Waals surface area contributed by atoms with Crippen LogP contribution in [0.1, 0.15) is 6.42 Å². The fourth-order valence-electron chi connectivity index (χ4n) is 2.81. The molecule has 2 N–H and O–H groups in total. The van der Waals surface area contributed by atoms with Gasteiger partial charge in [0.15, 0.2) is 0 Å². The first-order valence-electron chi connectivity index (χ1n) is 7.68. The predicted octanol–water partition coefficient (Wildman–Crippen LogP) is 3.85. The summed E-state index contributed by atoms with van der Waals surface area (Å²) in [6.45, 7) is 1.43. The van der Waals surface area contributed by atoms with Gasteiger partial charge in [0.25, 0.3) is 0 Å². The standard InChI is InChI=1S/C18H19ClN2O2/c19-16-5-1-3-14(9-16)15-4-2-6-17(10-15)20-18(23)21-8-7-13(11-21)12-22/h1-6,9-10,13,22H,7-8,11-12H2,(H,20,23). The second-order valence-electron chi connectivity index (χ2n) is 5.80. The third-order valence-electron chi connectivity index (χ3n) is 4.10. The summed E-state index contributed by atoms with van der Waals surface area (Å²) in [6, 6.07) is 15.2. The minimum absolute atomic E-state index is 0.121. The van der Waals surface area contributed by atoms with Gasteiger partial charge < -0.3 is 15.3 Å². The highest BCUT2D eigenvalue weighted by Gasteiger charge is 2.25. The first-order valence-corrected chi connectivity index (χ1v) is 8.06. The van der Waals surface area contributed by atoms with E-state index in [-0.39, 0.29) is 18.6 Å². The van der Waals surface area contributed by atoms with Gasteiger partial charge in [0.1, 0.15) is 0 Å². The molecule has 23 heavy (non-hydrogen) atoms. The Morgan fingerprint density at radius 1 is 1.22 bits per heavy atom. The van der Waals surface area contributed by atoms with Crippen molar-refractivity contribution in [1.29, 1.82) is 0 Å². The maximum Gasteiger partial charge on any atom is 0.321 e. The molecule has 1 saturated heterocycles. The number of benzene rings is 2. The van der Waals surface area contributed by atoms with Crippen molar-refractivity contribution >= 4 is 23.3 Å². The van der Waals surface area contributed by atoms with Crippen molar-refractivity contribution in [2.75, 3.05) is 25.0 Å². The summed E-state index contributed by atoms with van der Waals surface area (Å²) in [6.07, 6.45) is 0.854. The van der Waals surface area contributed by atoms with Crippen LogP contribution in [0.3, 0.4) is 0 Å². The molecule has 1 aliphatic heterocycles. The van der Waals surface area contributed by atoms with E-state index < -0.39 is 0 Å². The molecule has 5 heteroatoms. The lowest BCUT2D eigenvalue weighted by atomic mass is 10.1. The molecule has 0 aliphatic carbocycles. The van der Waals surface area contributed by atoms with Gasteiger partial charge in [-0.3, -0.25) is 0 Å². The molecule has 4 nitrogen and oxygen atoms in total. The maximum atomic E-state index is 12.3. The molecule has 3 rings (SSSR count). The van der Waals surface area contributed by atoms with Crippen LogP contribution in [0.25, 0.3) is 11.1 Å². The Balaban J connectivity index is 1.72. The summed E-state index contributed by atoms with van der Waals surface area (Å²) < 4.78 is 0. The van der Waals surface area contributed by atoms with Crippen molar-refractivity contribution in [2.45, 2.75) is 6.42 Å². The molecular weight excluding hydrogens is 312 g/mol. The number of carbonyl (C=O) groups excluding carboxylic acids is 1. The molecule has 1 heterocycles. The van der Waals surface area contributed by atoms with Crippen LogP contribution in [0.4, 0.5) is 10.5 Å². The number of anilines is 1. The van der Waals surface area contributed by atoms with E-state index in [9.17, 15) is 9.90 Å². The Labute approximate surface area is 140 Å². The fourth-order valence-corrected chi connectivity index (χ4v) is 3.00. The average Bonchev–Trinajstić information content (AvgIpc) is 3.04. The topological polar surface area (TPSA) is 52.6 Å². The number of aliphatic hydroxyl groups excluding tert-OH is 1. The number of hydrogen-bond acceptors (Lipinski definition) is 2. The number of likely N-dealkylation sites (tertiary alicyclic amines) is 1. The molecule has 120 valence electrons. The molecule has 2 aromatic carbocycles. The van der Waals surface area contributed by atoms with Crippen molar-refractivity contribution in [3.05, 3.63) is 53.6 Å². The lowest BCUT2D eigenvalue weighted by Gasteiger charge is -2.17. The minimum atomic E-state index is -0.121. The lowest BCUT2D eigenvalue weighted by Crippen LogP contribution is -2.33. The summed E-state index contributed by atoms with van der Waals surface area (Å²) in [5.41, 5.74) is 2.76. The summed E-state index contributed by atoms with van der Waals surface area (Å²) in [5, 5.41) is 12.8. The molecule has 0 aromatic heterocycles. The second-order valence-corrected chi connectivity index (χ2v) is 6.24. The normalized spacial score (nSPS) is 17.3. The van der Waals surface area contributed by atoms with Gasteiger partial charge in [-0.1, -0.05) is 35.9 Å². The van der Waals surface area contributed by atoms with E-state index in [1.165, 1.54) is 0 Å². The zero-order chi connectivity index (χ0) is 16.2. The van der Waals surface area contributed by atoms with Crippen LogP contribution in [-0.2, 0) is 0 Å². The van der Waals surface area contributed by atoms with E-state index in [4.69, 9.17) is 11.6 Å². The number of aliphatic hydroxyl groups is 1. The van der Waals surface area contributed by atoms with Gasteiger partial charge in [0, 0.05) is 36.3 Å². The third kappa shape index (κ3) is 3.84. The molecule has 0 radical (unpaired) electrons. The highest BCUT2D eigenvalue weighted by Crippen LogP contribution is 2.25. The van der Waals surface area contributed by atoms with Gasteiger partial charge in [0.2, 0.25) is 0 Å². The Hall–Kier alpha value is -2.04. The quantitative estimate of drug-likeness (QED) is 0.898. The van der Waals surface area contributed by atoms with Crippen molar-refractivity contribution in [1.82, 2.24) is 4.90 Å². The van der Waals surface area contributed by atoms with E-state index in [0.717, 1.165) is 23.2 Å². The molecule has 1 aliphatic rings. The largest absolute Gasteiger partial charge is 0.396 e. The number of carbonyl (C=O) groups is 1. The number of rotatable bonds is 3. The summed E-state index contributed by atoms with van der Waals surface area (Å²) in [5.74, 6) is 0.193. The van der Waals surface area contributed by atoms with Crippen molar-refractivity contribution in [3.63, 3.8) is 0 Å². The fraction of sp³-hybridized carbons (Fsp3) is 0.278. The molecule has 1 atom stereocenters. The van der Waals surface area contributed by atoms with Crippen LogP contribution < -0.4 is 5.32 Å². The SMILES string of the molecule is O=C(Nc1cccc(-c2cccc(Cl)c2)c1)N1CCC(CO)C1. The molecule has 0 bridgehead atoms. The Morgan fingerprint density at radius 3 is 2.65 bits per heavy atom. The van der Waals surface area contributed by atoms with Gasteiger partial charge in [-0.05, 0) is 41.8 Å². The first-order chi connectivity index (χ1) is 11.2. The highest BCUT2D eigenvalue weighted by atomic mass is 35.5. The van der Waals surface area contributed by atoms with Crippen LogP contribution in [0.5, 0.6) is 0 Å². The monoisotopic (exact) mass is 330 g/mol. The number of nitrogens with zero attached hydrogens (tertiary/aromatic N) is 1. The predicted molar refractivity (Wildman–Crippen MR) is 92.7 cm³/mol. The summed E-state index contributed by atoms with van der Waals surface area (Å²) in [4.78, 5) is 14.0. The second kappa shape index (κ2) is 7.02. The van der Waals surface area contributed by atoms with Gasteiger partial charge in [0.05, 0.1) is 0 Å². The average molecular weight is 331 g/mol. The van der Waals surface area contributed by atoms with E-state index in [2.05, 4.69) is 5.32 Å². The van der Waals surface area contributed by atoms with E-state index in [0.29, 0.717) is 18.1 Å². The molecule has 1 fully saturated rings. The van der Waals surface area contributed by atoms with Gasteiger partial charge in [-0.15, -0.1) is 0 Å². The van der Waals surface area contributed by atoms with E-state index >= 15 is 0 Å². The van der Waals surface area contributed by atoms with Gasteiger partial charge in [-0.2, -0.15) is 0 Å². The van der Waals surface area contributed by atoms with E-state index in [1.807, 2.05) is 48.5 Å². The molecule has 0 spiro atoms. The number of hydrogen-bond donors (Lipinski definition) is 2. The maximum absolute atomic E-state index is 12.3. The first kappa shape index (κ1) is 15.8. The Kier molecular flexibility index (Phi) is 4.84. The number of nitrogens with one attached hydrogen (secondary N) is 1. The van der Waals surface area contributed by atoms with E-state index in [1.54, 1.807) is 4.90 Å². The molecular formula is C18H19ClN2O2. The number of urea groups is 1. The van der Waals surface area contributed by atoms with Crippen LogP contribution in [0, 0.1) is 5.92 Å². The van der Waals surface area contributed by atoms with Crippen molar-refractivity contribution in [3.8, 4) is 11.1 Å². The number of halogens is 1. The molecule has 2 aromatic rings. The Bertz CT molecular complexity index is 705. The van der Waals surface area contributed by atoms with Crippen molar-refractivity contribution in [2.24, 2.45) is 5.92 Å². The lowest BCUT2D eigenvalue weighted by molar-refractivity contribution is 0.209. The van der Waals surface area contributed by atoms with Crippen molar-refractivity contribution < 1.29 is 9.90 Å². The highest BCUT2D eigenvalue weighted by molar-refractivity contribution is 6.30. The Morgan fingerprint density at radius 2 is 1.96 bits per heavy atom. The zero-order valence-corrected chi connectivity index (χ0v) is 13.5. The summed E-state index contributed by atoms with van der Waals surface area (Å²) in [7, 11) is 0. The summed E-state index contributed by atoms with van der Waals surface area (Å²) >= 11 is 6.04. The third-order valence-corrected chi connectivity index (χ3v) is 4.34.